The molecule has 0 bridgehead atoms. The molecule has 2 heterocycles. The number of aliphatic carboxylic acids is 1. The van der Waals surface area contributed by atoms with Crippen LogP contribution in [0.1, 0.15) is 15.9 Å². The number of nitrogens with zero attached hydrogens (tertiary/aromatic N) is 2. The molecule has 3 aromatic carbocycles. The van der Waals surface area contributed by atoms with Crippen LogP contribution in [0, 0.1) is 0 Å². The van der Waals surface area contributed by atoms with Gasteiger partial charge in [-0.05, 0) is 35.7 Å². The Balaban J connectivity index is 0.000000448. The van der Waals surface area contributed by atoms with Crippen LogP contribution in [-0.4, -0.2) is 58.3 Å². The molecule has 0 aliphatic carbocycles. The maximum atomic E-state index is 13.9. The quantitative estimate of drug-likeness (QED) is 0.357. The van der Waals surface area contributed by atoms with Crippen molar-refractivity contribution in [3.8, 4) is 16.9 Å². The number of hydrogen-bond acceptors (Lipinski definition) is 3. The molecule has 9 heteroatoms. The fourth-order valence-electron chi connectivity index (χ4n) is 4.55. The third-order valence-electron chi connectivity index (χ3n) is 6.37. The molecule has 1 unspecified atom stereocenters. The lowest BCUT2D eigenvalue weighted by molar-refractivity contribution is -0.192. The molecule has 1 aliphatic rings. The van der Waals surface area contributed by atoms with Crippen LogP contribution in [-0.2, 0) is 11.2 Å². The van der Waals surface area contributed by atoms with E-state index in [1.807, 2.05) is 54.7 Å². The minimum atomic E-state index is -5.08. The van der Waals surface area contributed by atoms with E-state index in [0.717, 1.165) is 42.0 Å². The van der Waals surface area contributed by atoms with Crippen LogP contribution in [0.15, 0.2) is 103 Å². The van der Waals surface area contributed by atoms with Crippen LogP contribution in [0.2, 0.25) is 0 Å². The normalized spacial score (nSPS) is 15.3. The minimum Gasteiger partial charge on any atom is -0.475 e. The zero-order valence-electron chi connectivity index (χ0n) is 21.0. The summed E-state index contributed by atoms with van der Waals surface area (Å²) in [5, 5.41) is 10.6. The second-order valence-electron chi connectivity index (χ2n) is 9.00. The van der Waals surface area contributed by atoms with Crippen molar-refractivity contribution in [2.45, 2.75) is 18.6 Å². The van der Waals surface area contributed by atoms with E-state index in [9.17, 15) is 18.0 Å². The molecule has 1 aliphatic heterocycles. The first-order chi connectivity index (χ1) is 18.8. The first-order valence-corrected chi connectivity index (χ1v) is 12.4. The number of amides is 1. The fraction of sp³-hybridized carbons (Fsp3) is 0.200. The maximum Gasteiger partial charge on any atom is 0.490 e. The van der Waals surface area contributed by atoms with Gasteiger partial charge in [-0.1, -0.05) is 78.9 Å². The van der Waals surface area contributed by atoms with Crippen molar-refractivity contribution in [2.24, 2.45) is 0 Å². The maximum absolute atomic E-state index is 13.9. The van der Waals surface area contributed by atoms with Crippen molar-refractivity contribution in [3.05, 3.63) is 114 Å². The lowest BCUT2D eigenvalue weighted by atomic mass is 10.0. The molecule has 0 spiro atoms. The van der Waals surface area contributed by atoms with Crippen molar-refractivity contribution in [2.75, 3.05) is 19.6 Å². The highest BCUT2D eigenvalue weighted by molar-refractivity contribution is 6.01. The van der Waals surface area contributed by atoms with Crippen molar-refractivity contribution < 1.29 is 27.9 Å². The Kier molecular flexibility index (Phi) is 8.83. The molecule has 0 radical (unpaired) electrons. The number of alkyl halides is 3. The molecule has 202 valence electrons. The second kappa shape index (κ2) is 12.4. The molecular formula is C30H28F3N3O3. The predicted molar refractivity (Wildman–Crippen MR) is 143 cm³/mol. The summed E-state index contributed by atoms with van der Waals surface area (Å²) >= 11 is 0. The number of aromatic nitrogens is 1. The standard InChI is InChI=1S/C28H27N3O.C2HF3O2/c32-28(31-19-17-29-21-25(31)20-22-10-4-1-5-11-22)26-16-18-30(24-14-8-3-9-15-24)27(26)23-12-6-2-7-13-23;3-2(4,5)1(6)7/h1-16,18,25,29H,17,19-21H2;(H,6,7). The number of nitrogens with one attached hydrogen (secondary N) is 1. The van der Waals surface area contributed by atoms with Gasteiger partial charge in [-0.25, -0.2) is 4.79 Å². The topological polar surface area (TPSA) is 74.6 Å². The van der Waals surface area contributed by atoms with Crippen molar-refractivity contribution in [1.82, 2.24) is 14.8 Å². The molecular weight excluding hydrogens is 507 g/mol. The van der Waals surface area contributed by atoms with Gasteiger partial charge in [0, 0.05) is 37.6 Å². The summed E-state index contributed by atoms with van der Waals surface area (Å²) in [6, 6.07) is 32.9. The fourth-order valence-corrected chi connectivity index (χ4v) is 4.55. The molecule has 2 N–H and O–H groups in total. The van der Waals surface area contributed by atoms with Gasteiger partial charge in [0.2, 0.25) is 0 Å². The molecule has 4 aromatic rings. The molecule has 1 aromatic heterocycles. The Hall–Kier alpha value is -4.37. The molecule has 1 fully saturated rings. The number of halogens is 3. The van der Waals surface area contributed by atoms with Gasteiger partial charge in [0.15, 0.2) is 0 Å². The lowest BCUT2D eigenvalue weighted by Crippen LogP contribution is -2.54. The highest BCUT2D eigenvalue weighted by Gasteiger charge is 2.38. The van der Waals surface area contributed by atoms with Crippen LogP contribution in [0.25, 0.3) is 16.9 Å². The summed E-state index contributed by atoms with van der Waals surface area (Å²) in [5.74, 6) is -2.66. The number of carbonyl (C=O) groups excluding carboxylic acids is 1. The average Bonchev–Trinajstić information content (AvgIpc) is 3.40. The first-order valence-electron chi connectivity index (χ1n) is 12.4. The minimum absolute atomic E-state index is 0.0981. The average molecular weight is 536 g/mol. The van der Waals surface area contributed by atoms with E-state index in [-0.39, 0.29) is 11.9 Å². The lowest BCUT2D eigenvalue weighted by Gasteiger charge is -2.36. The Morgan fingerprint density at radius 1 is 0.872 bits per heavy atom. The number of hydrogen-bond donors (Lipinski definition) is 2. The molecule has 1 saturated heterocycles. The summed E-state index contributed by atoms with van der Waals surface area (Å²) < 4.78 is 33.9. The van der Waals surface area contributed by atoms with E-state index in [0.29, 0.717) is 6.54 Å². The molecule has 0 saturated carbocycles. The Morgan fingerprint density at radius 2 is 1.44 bits per heavy atom. The SMILES string of the molecule is O=C(O)C(F)(F)F.O=C(c1ccn(-c2ccccc2)c1-c1ccccc1)N1CCNCC1Cc1ccccc1. The van der Waals surface area contributed by atoms with Crippen LogP contribution in [0.3, 0.4) is 0 Å². The molecule has 1 atom stereocenters. The van der Waals surface area contributed by atoms with Crippen LogP contribution in [0.5, 0.6) is 0 Å². The van der Waals surface area contributed by atoms with E-state index in [1.165, 1.54) is 5.56 Å². The smallest absolute Gasteiger partial charge is 0.475 e. The molecule has 39 heavy (non-hydrogen) atoms. The van der Waals surface area contributed by atoms with Gasteiger partial charge in [0.1, 0.15) is 0 Å². The molecule has 6 nitrogen and oxygen atoms in total. The van der Waals surface area contributed by atoms with E-state index in [1.54, 1.807) is 0 Å². The number of rotatable bonds is 5. The monoisotopic (exact) mass is 535 g/mol. The van der Waals surface area contributed by atoms with Gasteiger partial charge in [-0.3, -0.25) is 4.79 Å². The van der Waals surface area contributed by atoms with Crippen LogP contribution < -0.4 is 5.32 Å². The highest BCUT2D eigenvalue weighted by atomic mass is 19.4. The number of para-hydroxylation sites is 1. The van der Waals surface area contributed by atoms with Crippen LogP contribution in [0.4, 0.5) is 13.2 Å². The van der Waals surface area contributed by atoms with Gasteiger partial charge in [-0.2, -0.15) is 13.2 Å². The molecule has 1 amide bonds. The Labute approximate surface area is 224 Å². The van der Waals surface area contributed by atoms with E-state index in [4.69, 9.17) is 9.90 Å². The Bertz CT molecular complexity index is 1370. The first kappa shape index (κ1) is 27.7. The number of piperazine rings is 1. The van der Waals surface area contributed by atoms with Gasteiger partial charge >= 0.3 is 12.1 Å². The summed E-state index contributed by atoms with van der Waals surface area (Å²) in [6.45, 7) is 2.33. The van der Waals surface area contributed by atoms with Crippen molar-refractivity contribution in [3.63, 3.8) is 0 Å². The summed E-state index contributed by atoms with van der Waals surface area (Å²) in [7, 11) is 0. The van der Waals surface area contributed by atoms with Gasteiger partial charge in [0.25, 0.3) is 5.91 Å². The number of carboxylic acids is 1. The third kappa shape index (κ3) is 6.94. The predicted octanol–water partition coefficient (Wildman–Crippen LogP) is 5.43. The van der Waals surface area contributed by atoms with E-state index in [2.05, 4.69) is 63.3 Å². The van der Waals surface area contributed by atoms with E-state index >= 15 is 0 Å². The van der Waals surface area contributed by atoms with Gasteiger partial charge in [0.05, 0.1) is 11.3 Å². The number of benzene rings is 3. The summed E-state index contributed by atoms with van der Waals surface area (Å²) in [4.78, 5) is 24.9. The summed E-state index contributed by atoms with van der Waals surface area (Å²) in [5.41, 5.74) is 5.04. The zero-order valence-corrected chi connectivity index (χ0v) is 21.0. The van der Waals surface area contributed by atoms with Gasteiger partial charge in [-0.15, -0.1) is 0 Å². The largest absolute Gasteiger partial charge is 0.490 e. The van der Waals surface area contributed by atoms with Crippen molar-refractivity contribution >= 4 is 11.9 Å². The van der Waals surface area contributed by atoms with Crippen molar-refractivity contribution in [1.29, 1.82) is 0 Å². The number of carbonyl (C=O) groups is 2. The second-order valence-corrected chi connectivity index (χ2v) is 9.00. The summed E-state index contributed by atoms with van der Waals surface area (Å²) in [6.07, 6.45) is -2.22. The highest BCUT2D eigenvalue weighted by Crippen LogP contribution is 2.30. The Morgan fingerprint density at radius 3 is 2.03 bits per heavy atom. The van der Waals surface area contributed by atoms with Gasteiger partial charge < -0.3 is 19.9 Å². The zero-order chi connectivity index (χ0) is 27.8. The third-order valence-corrected chi connectivity index (χ3v) is 6.37. The van der Waals surface area contributed by atoms with Crippen LogP contribution >= 0.6 is 0 Å². The van der Waals surface area contributed by atoms with E-state index < -0.39 is 12.1 Å². The molecule has 5 rings (SSSR count). The number of carboxylic acid groups (broad SMARTS) is 1.